The zero-order valence-electron chi connectivity index (χ0n) is 34.0. The first kappa shape index (κ1) is 42.4. The molecule has 0 aliphatic heterocycles. The molecule has 0 aromatic heterocycles. The molecule has 0 bridgehead atoms. The minimum absolute atomic E-state index is 0. The molecule has 274 valence electrons. The van der Waals surface area contributed by atoms with Gasteiger partial charge in [-0.15, -0.1) is 0 Å². The van der Waals surface area contributed by atoms with Crippen LogP contribution in [-0.4, -0.2) is 3.21 Å². The minimum atomic E-state index is -3.01. The van der Waals surface area contributed by atoms with E-state index in [1.165, 1.54) is 44.5 Å². The fourth-order valence-corrected chi connectivity index (χ4v) is 18.8. The van der Waals surface area contributed by atoms with Crippen molar-refractivity contribution in [3.63, 3.8) is 0 Å². The molecule has 4 aromatic carbocycles. The summed E-state index contributed by atoms with van der Waals surface area (Å²) in [6, 6.07) is 34.2. The standard InChI is InChI=1S/C21H25.C15H14.C13H21.2ClH.Zr/c1-20(2,3)16-7-9-18-14(12-16)11-15-13-17(21(4,5)6)8-10-19(15)18;1-12-3-7-14(8-4-12)11-15-9-5-13(2)6-10-15;1-6-10-8-11(7-2)12(9-10)13(3,4)5;;;/h7-13H,1-6H3;3-10H,1-2H3;9-10H,6-7H2,1-5H3;2*1H;/q;;;;;+2/p-2. The number of hydrogen-bond donors (Lipinski definition) is 0. The van der Waals surface area contributed by atoms with Crippen molar-refractivity contribution >= 4 is 3.21 Å². The third kappa shape index (κ3) is 8.04. The Labute approximate surface area is 336 Å². The third-order valence-electron chi connectivity index (χ3n) is 11.3. The molecule has 0 saturated carbocycles. The molecule has 4 aromatic rings. The number of halogens is 2. The molecule has 6 rings (SSSR count). The number of benzene rings is 4. The summed E-state index contributed by atoms with van der Waals surface area (Å²) in [6.07, 6.45) is 4.95. The van der Waals surface area contributed by atoms with Gasteiger partial charge in [0, 0.05) is 0 Å². The van der Waals surface area contributed by atoms with E-state index in [1.807, 2.05) is 3.28 Å². The van der Waals surface area contributed by atoms with Crippen molar-refractivity contribution in [2.24, 2.45) is 11.3 Å². The van der Waals surface area contributed by atoms with Crippen molar-refractivity contribution in [3.05, 3.63) is 150 Å². The van der Waals surface area contributed by atoms with Crippen molar-refractivity contribution in [2.45, 2.75) is 117 Å². The number of aryl methyl sites for hydroxylation is 2. The van der Waals surface area contributed by atoms with Crippen LogP contribution in [0.15, 0.2) is 105 Å². The van der Waals surface area contributed by atoms with Gasteiger partial charge in [0.15, 0.2) is 0 Å². The summed E-state index contributed by atoms with van der Waals surface area (Å²) in [6.45, 7) is 30.9. The number of fused-ring (bicyclic) bond motifs is 3. The minimum Gasteiger partial charge on any atom is -1.00 e. The van der Waals surface area contributed by atoms with E-state index < -0.39 is 21.3 Å². The molecule has 1 unspecified atom stereocenters. The maximum atomic E-state index is 2.71. The average Bonchev–Trinajstić information content (AvgIpc) is 3.59. The summed E-state index contributed by atoms with van der Waals surface area (Å²) in [5, 5.41) is 0. The van der Waals surface area contributed by atoms with E-state index in [9.17, 15) is 0 Å². The Hall–Kier alpha value is -2.31. The second-order valence-corrected chi connectivity index (χ2v) is 24.2. The summed E-state index contributed by atoms with van der Waals surface area (Å²) >= 11 is -3.01. The molecule has 0 radical (unpaired) electrons. The van der Waals surface area contributed by atoms with Gasteiger partial charge in [0.25, 0.3) is 0 Å². The first-order valence-corrected chi connectivity index (χ1v) is 22.9. The summed E-state index contributed by atoms with van der Waals surface area (Å²) in [7, 11) is 0. The van der Waals surface area contributed by atoms with Crippen LogP contribution in [0.5, 0.6) is 0 Å². The van der Waals surface area contributed by atoms with Crippen LogP contribution in [0.2, 0.25) is 0 Å². The van der Waals surface area contributed by atoms with Crippen LogP contribution in [0.1, 0.15) is 137 Å². The van der Waals surface area contributed by atoms with Gasteiger partial charge < -0.3 is 24.8 Å². The van der Waals surface area contributed by atoms with E-state index in [2.05, 4.69) is 181 Å². The van der Waals surface area contributed by atoms with Crippen LogP contribution in [0.25, 0.3) is 11.1 Å². The fourth-order valence-electron chi connectivity index (χ4n) is 8.38. The van der Waals surface area contributed by atoms with E-state index in [0.29, 0.717) is 9.54 Å². The van der Waals surface area contributed by atoms with Crippen molar-refractivity contribution in [3.8, 4) is 11.1 Å². The quantitative estimate of drug-likeness (QED) is 0.189. The van der Waals surface area contributed by atoms with Gasteiger partial charge in [-0.05, 0) is 0 Å². The Morgan fingerprint density at radius 1 is 0.577 bits per heavy atom. The molecule has 52 heavy (non-hydrogen) atoms. The second kappa shape index (κ2) is 15.8. The van der Waals surface area contributed by atoms with Crippen LogP contribution in [0.4, 0.5) is 0 Å². The van der Waals surface area contributed by atoms with Gasteiger partial charge in [-0.2, -0.15) is 0 Å². The molecule has 1 atom stereocenters. The smallest absolute Gasteiger partial charge is 1.00 e. The van der Waals surface area contributed by atoms with Gasteiger partial charge in [-0.25, -0.2) is 0 Å². The molecule has 0 nitrogen and oxygen atoms in total. The average molecular weight is 811 g/mol. The van der Waals surface area contributed by atoms with Gasteiger partial charge >= 0.3 is 314 Å². The Kier molecular flexibility index (Phi) is 12.9. The summed E-state index contributed by atoms with van der Waals surface area (Å²) < 4.78 is 3.87. The van der Waals surface area contributed by atoms with E-state index in [-0.39, 0.29) is 41.1 Å². The molecule has 0 amide bonds. The molecule has 2 aliphatic carbocycles. The molecular formula is C49H60Cl2Zr. The van der Waals surface area contributed by atoms with Gasteiger partial charge in [-0.1, -0.05) is 0 Å². The number of allylic oxidation sites excluding steroid dienone is 4. The second-order valence-electron chi connectivity index (χ2n) is 18.1. The van der Waals surface area contributed by atoms with Crippen LogP contribution in [0, 0.1) is 25.2 Å². The normalized spacial score (nSPS) is 15.6. The van der Waals surface area contributed by atoms with Crippen molar-refractivity contribution in [1.29, 1.82) is 0 Å². The Bertz CT molecular complexity index is 1910. The summed E-state index contributed by atoms with van der Waals surface area (Å²) in [4.78, 5) is 0. The SMILES string of the molecule is CCC1=[C]([Zr+2](=[C](c2ccc(C)cc2)c2ccc(C)cc2)[CH]2c3cc(C(C)(C)C)ccc3-c3ccc(C(C)(C)C)cc32)C(CC)C=C1C(C)(C)C.[Cl-].[Cl-]. The van der Waals surface area contributed by atoms with E-state index in [1.54, 1.807) is 25.5 Å². The first-order valence-electron chi connectivity index (χ1n) is 19.1. The summed E-state index contributed by atoms with van der Waals surface area (Å²) in [5.74, 6) is 0.476. The largest absolute Gasteiger partial charge is 1.00 e. The van der Waals surface area contributed by atoms with Crippen LogP contribution in [0.3, 0.4) is 0 Å². The number of hydrogen-bond acceptors (Lipinski definition) is 0. The molecular weight excluding hydrogens is 751 g/mol. The molecule has 2 aliphatic rings. The molecule has 0 heterocycles. The van der Waals surface area contributed by atoms with Gasteiger partial charge in [-0.3, -0.25) is 0 Å². The van der Waals surface area contributed by atoms with Crippen molar-refractivity contribution < 1.29 is 46.1 Å². The molecule has 0 saturated heterocycles. The van der Waals surface area contributed by atoms with Crippen LogP contribution in [-0.2, 0) is 32.1 Å². The molecule has 0 fully saturated rings. The Morgan fingerprint density at radius 3 is 1.35 bits per heavy atom. The van der Waals surface area contributed by atoms with Gasteiger partial charge in [0.2, 0.25) is 0 Å². The van der Waals surface area contributed by atoms with Gasteiger partial charge in [0.05, 0.1) is 0 Å². The van der Waals surface area contributed by atoms with Crippen molar-refractivity contribution in [1.82, 2.24) is 0 Å². The molecule has 3 heteroatoms. The summed E-state index contributed by atoms with van der Waals surface area (Å²) in [5.41, 5.74) is 17.9. The molecule has 0 spiro atoms. The zero-order valence-corrected chi connectivity index (χ0v) is 38.0. The van der Waals surface area contributed by atoms with E-state index in [4.69, 9.17) is 0 Å². The maximum absolute atomic E-state index is 3.01. The Balaban J connectivity index is 0.00000302. The van der Waals surface area contributed by atoms with E-state index in [0.717, 1.165) is 12.8 Å². The number of rotatable bonds is 6. The van der Waals surface area contributed by atoms with Crippen molar-refractivity contribution in [2.75, 3.05) is 0 Å². The maximum Gasteiger partial charge on any atom is -1.00 e. The predicted molar refractivity (Wildman–Crippen MR) is 215 cm³/mol. The Morgan fingerprint density at radius 2 is 1.00 bits per heavy atom. The zero-order chi connectivity index (χ0) is 36.3. The topological polar surface area (TPSA) is 0 Å². The van der Waals surface area contributed by atoms with Crippen LogP contribution < -0.4 is 24.8 Å². The van der Waals surface area contributed by atoms with Gasteiger partial charge in [0.1, 0.15) is 0 Å². The first-order chi connectivity index (χ1) is 23.4. The molecule has 0 N–H and O–H groups in total. The monoisotopic (exact) mass is 808 g/mol. The fraction of sp³-hybridized carbons (Fsp3) is 0.408. The van der Waals surface area contributed by atoms with Crippen LogP contribution >= 0.6 is 0 Å². The predicted octanol–water partition coefficient (Wildman–Crippen LogP) is 7.54. The van der Waals surface area contributed by atoms with E-state index >= 15 is 0 Å². The third-order valence-corrected chi connectivity index (χ3v) is 20.0.